The average Bonchev–Trinajstić information content (AvgIpc) is 3.22. The Hall–Kier alpha value is -2.46. The highest BCUT2D eigenvalue weighted by atomic mass is 32.1. The molecular weight excluding hydrogens is 380 g/mol. The van der Waals surface area contributed by atoms with Crippen molar-refractivity contribution in [2.24, 2.45) is 0 Å². The number of aryl methyl sites for hydroxylation is 2. The number of thiazole rings is 1. The minimum Gasteiger partial charge on any atom is -0.466 e. The van der Waals surface area contributed by atoms with Crippen LogP contribution < -0.4 is 10.2 Å². The minimum atomic E-state index is -0.313. The van der Waals surface area contributed by atoms with E-state index < -0.39 is 0 Å². The molecule has 0 atom stereocenters. The third kappa shape index (κ3) is 5.08. The molecule has 0 saturated carbocycles. The number of aromatic nitrogens is 3. The zero-order valence-corrected chi connectivity index (χ0v) is 17.3. The average molecular weight is 407 g/mol. The largest absolute Gasteiger partial charge is 0.466 e. The van der Waals surface area contributed by atoms with Crippen molar-refractivity contribution in [1.82, 2.24) is 20.1 Å². The number of rotatable bonds is 7. The fraction of sp³-hybridized carbons (Fsp3) is 0.556. The molecule has 0 unspecified atom stereocenters. The molecule has 0 aliphatic carbocycles. The van der Waals surface area contributed by atoms with Crippen LogP contribution in [0.25, 0.3) is 0 Å². The number of ether oxygens (including phenoxy) is 1. The first-order valence-electron chi connectivity index (χ1n) is 9.35. The summed E-state index contributed by atoms with van der Waals surface area (Å²) in [5, 5.41) is 12.4. The lowest BCUT2D eigenvalue weighted by atomic mass is 10.2. The summed E-state index contributed by atoms with van der Waals surface area (Å²) in [6, 6.07) is 0. The number of hydrogen-bond donors (Lipinski definition) is 2. The number of carbonyl (C=O) groups is 2. The summed E-state index contributed by atoms with van der Waals surface area (Å²) >= 11 is 1.31. The Morgan fingerprint density at radius 2 is 2.04 bits per heavy atom. The predicted molar refractivity (Wildman–Crippen MR) is 108 cm³/mol. The van der Waals surface area contributed by atoms with Crippen LogP contribution in [0.3, 0.4) is 0 Å². The maximum atomic E-state index is 12.3. The van der Waals surface area contributed by atoms with Crippen molar-refractivity contribution in [3.8, 4) is 0 Å². The van der Waals surface area contributed by atoms with Gasteiger partial charge in [-0.3, -0.25) is 19.6 Å². The van der Waals surface area contributed by atoms with Gasteiger partial charge in [-0.2, -0.15) is 5.10 Å². The van der Waals surface area contributed by atoms with Crippen LogP contribution in [-0.4, -0.2) is 71.3 Å². The van der Waals surface area contributed by atoms with E-state index in [-0.39, 0.29) is 18.3 Å². The summed E-state index contributed by atoms with van der Waals surface area (Å²) in [7, 11) is 0. The minimum absolute atomic E-state index is 0.0962. The Labute approximate surface area is 168 Å². The van der Waals surface area contributed by atoms with E-state index in [1.165, 1.54) is 17.0 Å². The van der Waals surface area contributed by atoms with E-state index in [1.807, 2.05) is 13.8 Å². The van der Waals surface area contributed by atoms with E-state index >= 15 is 0 Å². The molecule has 0 bridgehead atoms. The molecule has 3 rings (SSSR count). The standard InChI is InChI=1S/C18H26N6O3S/c1-4-27-16(26)9-14-11-28-18(19-14)20-15(25)10-23-5-7-24(8-6-23)17-12(2)21-22-13(17)3/h11H,4-10H2,1-3H3,(H,21,22)(H,19,20,25). The van der Waals surface area contributed by atoms with Gasteiger partial charge in [0.2, 0.25) is 5.91 Å². The van der Waals surface area contributed by atoms with Gasteiger partial charge in [-0.05, 0) is 20.8 Å². The van der Waals surface area contributed by atoms with Gasteiger partial charge in [0.1, 0.15) is 0 Å². The normalized spacial score (nSPS) is 14.9. The molecule has 2 aromatic rings. The first-order valence-corrected chi connectivity index (χ1v) is 10.2. The Morgan fingerprint density at radius 1 is 1.29 bits per heavy atom. The molecule has 1 aliphatic rings. The zero-order chi connectivity index (χ0) is 20.1. The highest BCUT2D eigenvalue weighted by Gasteiger charge is 2.22. The van der Waals surface area contributed by atoms with Gasteiger partial charge in [0.15, 0.2) is 5.13 Å². The third-order valence-electron chi connectivity index (χ3n) is 4.57. The molecule has 1 amide bonds. The molecule has 0 spiro atoms. The van der Waals surface area contributed by atoms with E-state index in [1.54, 1.807) is 12.3 Å². The Kier molecular flexibility index (Phi) is 6.63. The van der Waals surface area contributed by atoms with Gasteiger partial charge >= 0.3 is 5.97 Å². The molecule has 152 valence electrons. The first-order chi connectivity index (χ1) is 13.5. The highest BCUT2D eigenvalue weighted by molar-refractivity contribution is 7.13. The van der Waals surface area contributed by atoms with E-state index in [0.717, 1.165) is 37.6 Å². The van der Waals surface area contributed by atoms with Gasteiger partial charge in [0.25, 0.3) is 0 Å². The van der Waals surface area contributed by atoms with Crippen LogP contribution in [-0.2, 0) is 20.7 Å². The Morgan fingerprint density at radius 3 is 2.68 bits per heavy atom. The van der Waals surface area contributed by atoms with Gasteiger partial charge in [0.05, 0.1) is 42.3 Å². The van der Waals surface area contributed by atoms with Crippen molar-refractivity contribution in [1.29, 1.82) is 0 Å². The van der Waals surface area contributed by atoms with Gasteiger partial charge in [-0.25, -0.2) is 4.98 Å². The molecule has 9 nitrogen and oxygen atoms in total. The lowest BCUT2D eigenvalue weighted by Crippen LogP contribution is -2.49. The number of anilines is 2. The summed E-state index contributed by atoms with van der Waals surface area (Å²) < 4.78 is 4.91. The van der Waals surface area contributed by atoms with Crippen LogP contribution in [0.1, 0.15) is 24.0 Å². The van der Waals surface area contributed by atoms with Gasteiger partial charge in [-0.1, -0.05) is 0 Å². The van der Waals surface area contributed by atoms with E-state index in [4.69, 9.17) is 4.74 Å². The van der Waals surface area contributed by atoms with Crippen LogP contribution in [0.2, 0.25) is 0 Å². The number of H-pyrrole nitrogens is 1. The van der Waals surface area contributed by atoms with E-state index in [9.17, 15) is 9.59 Å². The lowest BCUT2D eigenvalue weighted by Gasteiger charge is -2.35. The van der Waals surface area contributed by atoms with Crippen molar-refractivity contribution in [3.63, 3.8) is 0 Å². The molecule has 0 radical (unpaired) electrons. The monoisotopic (exact) mass is 406 g/mol. The number of esters is 1. The summed E-state index contributed by atoms with van der Waals surface area (Å²) in [6.45, 7) is 9.80. The third-order valence-corrected chi connectivity index (χ3v) is 5.38. The first kappa shape index (κ1) is 20.3. The van der Waals surface area contributed by atoms with Crippen molar-refractivity contribution in [2.75, 3.05) is 49.5 Å². The molecule has 2 aromatic heterocycles. The second-order valence-electron chi connectivity index (χ2n) is 6.72. The van der Waals surface area contributed by atoms with Crippen LogP contribution in [0.15, 0.2) is 5.38 Å². The molecule has 1 aliphatic heterocycles. The molecule has 3 heterocycles. The molecule has 2 N–H and O–H groups in total. The quantitative estimate of drug-likeness (QED) is 0.669. The number of nitrogens with one attached hydrogen (secondary N) is 2. The van der Waals surface area contributed by atoms with Crippen LogP contribution in [0.5, 0.6) is 0 Å². The van der Waals surface area contributed by atoms with Crippen LogP contribution in [0, 0.1) is 13.8 Å². The molecule has 1 saturated heterocycles. The molecule has 10 heteroatoms. The summed E-state index contributed by atoms with van der Waals surface area (Å²) in [4.78, 5) is 32.5. The fourth-order valence-electron chi connectivity index (χ4n) is 3.31. The second-order valence-corrected chi connectivity index (χ2v) is 7.58. The van der Waals surface area contributed by atoms with Crippen LogP contribution in [0.4, 0.5) is 10.8 Å². The van der Waals surface area contributed by atoms with Gasteiger partial charge in [0, 0.05) is 31.6 Å². The van der Waals surface area contributed by atoms with Crippen molar-refractivity contribution < 1.29 is 14.3 Å². The summed E-state index contributed by atoms with van der Waals surface area (Å²) in [6.07, 6.45) is 0.120. The summed E-state index contributed by atoms with van der Waals surface area (Å²) in [5.41, 5.74) is 3.86. The number of nitrogens with zero attached hydrogens (tertiary/aromatic N) is 4. The zero-order valence-electron chi connectivity index (χ0n) is 16.4. The lowest BCUT2D eigenvalue weighted by molar-refractivity contribution is -0.142. The maximum absolute atomic E-state index is 12.3. The van der Waals surface area contributed by atoms with E-state index in [0.29, 0.717) is 24.0 Å². The number of hydrogen-bond acceptors (Lipinski definition) is 8. The van der Waals surface area contributed by atoms with E-state index in [2.05, 4.69) is 30.3 Å². The van der Waals surface area contributed by atoms with Crippen LogP contribution >= 0.6 is 11.3 Å². The highest BCUT2D eigenvalue weighted by Crippen LogP contribution is 2.23. The maximum Gasteiger partial charge on any atom is 0.311 e. The van der Waals surface area contributed by atoms with Crippen molar-refractivity contribution in [2.45, 2.75) is 27.2 Å². The Balaban J connectivity index is 1.45. The molecule has 1 fully saturated rings. The predicted octanol–water partition coefficient (Wildman–Crippen LogP) is 1.35. The smallest absolute Gasteiger partial charge is 0.311 e. The van der Waals surface area contributed by atoms with Gasteiger partial charge < -0.3 is 15.0 Å². The molecule has 0 aromatic carbocycles. The topological polar surface area (TPSA) is 103 Å². The van der Waals surface area contributed by atoms with Crippen molar-refractivity contribution in [3.05, 3.63) is 22.5 Å². The number of carbonyl (C=O) groups excluding carboxylic acids is 2. The number of amides is 1. The number of aromatic amines is 1. The second kappa shape index (κ2) is 9.16. The van der Waals surface area contributed by atoms with Gasteiger partial charge in [-0.15, -0.1) is 11.3 Å². The summed E-state index contributed by atoms with van der Waals surface area (Å²) in [5.74, 6) is -0.409. The number of piperazine rings is 1. The molecular formula is C18H26N6O3S. The fourth-order valence-corrected chi connectivity index (χ4v) is 4.03. The SMILES string of the molecule is CCOC(=O)Cc1csc(NC(=O)CN2CCN(c3c(C)n[nH]c3C)CC2)n1. The molecule has 28 heavy (non-hydrogen) atoms. The Bertz CT molecular complexity index is 806. The van der Waals surface area contributed by atoms with Crippen molar-refractivity contribution >= 4 is 34.0 Å².